The second-order valence-corrected chi connectivity index (χ2v) is 7.92. The summed E-state index contributed by atoms with van der Waals surface area (Å²) in [4.78, 5) is 0. The molecule has 0 aliphatic rings. The summed E-state index contributed by atoms with van der Waals surface area (Å²) >= 11 is 0. The van der Waals surface area contributed by atoms with Gasteiger partial charge in [0.2, 0.25) is 0 Å². The Morgan fingerprint density at radius 3 is 1.62 bits per heavy atom. The van der Waals surface area contributed by atoms with E-state index in [1.807, 2.05) is 18.2 Å². The van der Waals surface area contributed by atoms with Crippen LogP contribution >= 0.6 is 0 Å². The Bertz CT molecular complexity index is 607. The highest BCUT2D eigenvalue weighted by atomic mass is 14.5. The van der Waals surface area contributed by atoms with Crippen molar-refractivity contribution in [3.8, 4) is 11.1 Å². The summed E-state index contributed by atoms with van der Waals surface area (Å²) in [6, 6.07) is 15.1. The highest BCUT2D eigenvalue weighted by molar-refractivity contribution is 5.69. The summed E-state index contributed by atoms with van der Waals surface area (Å²) in [5.74, 6) is 0. The molecule has 2 aromatic rings. The molecule has 0 fully saturated rings. The molecule has 1 nitrogen and oxygen atoms in total. The van der Waals surface area contributed by atoms with Gasteiger partial charge in [-0.1, -0.05) is 71.9 Å². The molecule has 0 aromatic heterocycles. The summed E-state index contributed by atoms with van der Waals surface area (Å²) in [7, 11) is 0. The van der Waals surface area contributed by atoms with E-state index in [2.05, 4.69) is 65.8 Å². The minimum atomic E-state index is 0.135. The smallest absolute Gasteiger partial charge is 0.0320 e. The molecule has 0 aliphatic heterocycles. The highest BCUT2D eigenvalue weighted by Gasteiger charge is 2.20. The van der Waals surface area contributed by atoms with Gasteiger partial charge in [-0.3, -0.25) is 0 Å². The van der Waals surface area contributed by atoms with Gasteiger partial charge in [0.25, 0.3) is 0 Å². The molecular formula is C20H27N. The first kappa shape index (κ1) is 15.6. The molecular weight excluding hydrogens is 254 g/mol. The zero-order valence-electron chi connectivity index (χ0n) is 14.1. The van der Waals surface area contributed by atoms with E-state index in [1.165, 1.54) is 22.3 Å². The maximum atomic E-state index is 5.94. The Balaban J connectivity index is 2.66. The molecule has 2 aromatic carbocycles. The molecule has 0 bridgehead atoms. The normalized spacial score (nSPS) is 12.5. The van der Waals surface area contributed by atoms with E-state index in [0.717, 1.165) is 5.69 Å². The van der Waals surface area contributed by atoms with Crippen molar-refractivity contribution in [2.75, 3.05) is 5.73 Å². The van der Waals surface area contributed by atoms with Crippen LogP contribution < -0.4 is 5.73 Å². The van der Waals surface area contributed by atoms with E-state index in [-0.39, 0.29) is 10.8 Å². The SMILES string of the molecule is CC(C)(C)c1cc(-c2cccc(N)c2)cc(C(C)(C)C)c1. The second kappa shape index (κ2) is 5.22. The lowest BCUT2D eigenvalue weighted by molar-refractivity contribution is 0.569. The van der Waals surface area contributed by atoms with Crippen LogP contribution in [0.2, 0.25) is 0 Å². The van der Waals surface area contributed by atoms with Gasteiger partial charge in [0, 0.05) is 5.69 Å². The summed E-state index contributed by atoms with van der Waals surface area (Å²) in [5.41, 5.74) is 12.2. The summed E-state index contributed by atoms with van der Waals surface area (Å²) in [6.07, 6.45) is 0. The lowest BCUT2D eigenvalue weighted by Crippen LogP contribution is -2.16. The highest BCUT2D eigenvalue weighted by Crippen LogP contribution is 2.34. The fourth-order valence-corrected chi connectivity index (χ4v) is 2.38. The molecule has 0 radical (unpaired) electrons. The first-order chi connectivity index (χ1) is 9.57. The van der Waals surface area contributed by atoms with Gasteiger partial charge in [0.05, 0.1) is 0 Å². The van der Waals surface area contributed by atoms with Gasteiger partial charge in [-0.05, 0) is 45.2 Å². The molecule has 0 amide bonds. The van der Waals surface area contributed by atoms with Gasteiger partial charge in [-0.2, -0.15) is 0 Å². The summed E-state index contributed by atoms with van der Waals surface area (Å²) < 4.78 is 0. The largest absolute Gasteiger partial charge is 0.399 e. The predicted octanol–water partition coefficient (Wildman–Crippen LogP) is 5.53. The van der Waals surface area contributed by atoms with Crippen molar-refractivity contribution >= 4 is 5.69 Å². The molecule has 2 rings (SSSR count). The molecule has 21 heavy (non-hydrogen) atoms. The molecule has 112 valence electrons. The molecule has 0 spiro atoms. The predicted molar refractivity (Wildman–Crippen MR) is 93.7 cm³/mol. The number of rotatable bonds is 1. The van der Waals surface area contributed by atoms with Crippen LogP contribution in [-0.4, -0.2) is 0 Å². The van der Waals surface area contributed by atoms with Gasteiger partial charge >= 0.3 is 0 Å². The van der Waals surface area contributed by atoms with Crippen LogP contribution in [0.1, 0.15) is 52.7 Å². The van der Waals surface area contributed by atoms with Crippen LogP contribution in [0.5, 0.6) is 0 Å². The van der Waals surface area contributed by atoms with E-state index >= 15 is 0 Å². The standard InChI is InChI=1S/C20H27N/c1-19(2,3)16-10-15(11-17(13-16)20(4,5)6)14-8-7-9-18(21)12-14/h7-13H,21H2,1-6H3. The Morgan fingerprint density at radius 2 is 1.19 bits per heavy atom. The fraction of sp³-hybridized carbons (Fsp3) is 0.400. The quantitative estimate of drug-likeness (QED) is 0.683. The van der Waals surface area contributed by atoms with Crippen molar-refractivity contribution in [1.29, 1.82) is 0 Å². The lowest BCUT2D eigenvalue weighted by Gasteiger charge is -2.26. The van der Waals surface area contributed by atoms with Crippen LogP contribution in [0.15, 0.2) is 42.5 Å². The number of hydrogen-bond donors (Lipinski definition) is 1. The van der Waals surface area contributed by atoms with Crippen molar-refractivity contribution in [2.24, 2.45) is 0 Å². The second-order valence-electron chi connectivity index (χ2n) is 7.92. The fourth-order valence-electron chi connectivity index (χ4n) is 2.38. The molecule has 0 heterocycles. The van der Waals surface area contributed by atoms with E-state index in [4.69, 9.17) is 5.73 Å². The number of nitrogens with two attached hydrogens (primary N) is 1. The van der Waals surface area contributed by atoms with Crippen LogP contribution in [0.3, 0.4) is 0 Å². The van der Waals surface area contributed by atoms with Gasteiger partial charge in [0.1, 0.15) is 0 Å². The van der Waals surface area contributed by atoms with Crippen molar-refractivity contribution in [3.63, 3.8) is 0 Å². The maximum Gasteiger partial charge on any atom is 0.0320 e. The molecule has 0 unspecified atom stereocenters. The molecule has 0 saturated carbocycles. The molecule has 0 atom stereocenters. The molecule has 0 saturated heterocycles. The van der Waals surface area contributed by atoms with Gasteiger partial charge in [-0.25, -0.2) is 0 Å². The topological polar surface area (TPSA) is 26.0 Å². The first-order valence-electron chi connectivity index (χ1n) is 7.59. The van der Waals surface area contributed by atoms with E-state index in [1.54, 1.807) is 0 Å². The maximum absolute atomic E-state index is 5.94. The average Bonchev–Trinajstić information content (AvgIpc) is 2.36. The van der Waals surface area contributed by atoms with E-state index < -0.39 is 0 Å². The van der Waals surface area contributed by atoms with Crippen molar-refractivity contribution in [2.45, 2.75) is 52.4 Å². The Labute approximate surface area is 129 Å². The van der Waals surface area contributed by atoms with Crippen molar-refractivity contribution in [1.82, 2.24) is 0 Å². The number of anilines is 1. The third-order valence-corrected chi connectivity index (χ3v) is 3.89. The Morgan fingerprint density at radius 1 is 0.667 bits per heavy atom. The number of benzene rings is 2. The van der Waals surface area contributed by atoms with Crippen LogP contribution in [0.25, 0.3) is 11.1 Å². The van der Waals surface area contributed by atoms with Gasteiger partial charge < -0.3 is 5.73 Å². The molecule has 1 heteroatoms. The minimum Gasteiger partial charge on any atom is -0.399 e. The van der Waals surface area contributed by atoms with Crippen molar-refractivity contribution < 1.29 is 0 Å². The average molecular weight is 281 g/mol. The first-order valence-corrected chi connectivity index (χ1v) is 7.59. The summed E-state index contributed by atoms with van der Waals surface area (Å²) in [5, 5.41) is 0. The van der Waals surface area contributed by atoms with Gasteiger partial charge in [0.15, 0.2) is 0 Å². The third kappa shape index (κ3) is 3.66. The molecule has 0 aliphatic carbocycles. The lowest BCUT2D eigenvalue weighted by atomic mass is 9.79. The van der Waals surface area contributed by atoms with Crippen molar-refractivity contribution in [3.05, 3.63) is 53.6 Å². The minimum absolute atomic E-state index is 0.135. The zero-order chi connectivity index (χ0) is 15.8. The van der Waals surface area contributed by atoms with E-state index in [0.29, 0.717) is 0 Å². The van der Waals surface area contributed by atoms with E-state index in [9.17, 15) is 0 Å². The Kier molecular flexibility index (Phi) is 3.88. The van der Waals surface area contributed by atoms with Crippen LogP contribution in [-0.2, 0) is 10.8 Å². The van der Waals surface area contributed by atoms with Crippen LogP contribution in [0, 0.1) is 0 Å². The zero-order valence-corrected chi connectivity index (χ0v) is 14.1. The van der Waals surface area contributed by atoms with Crippen LogP contribution in [0.4, 0.5) is 5.69 Å². The molecule has 2 N–H and O–H groups in total. The monoisotopic (exact) mass is 281 g/mol. The third-order valence-electron chi connectivity index (χ3n) is 3.89. The Hall–Kier alpha value is -1.76. The number of hydrogen-bond acceptors (Lipinski definition) is 1. The number of nitrogen functional groups attached to an aromatic ring is 1. The summed E-state index contributed by atoms with van der Waals surface area (Å²) in [6.45, 7) is 13.6. The van der Waals surface area contributed by atoms with Gasteiger partial charge in [-0.15, -0.1) is 0 Å².